The van der Waals surface area contributed by atoms with Crippen LogP contribution in [0.1, 0.15) is 32.6 Å². The number of rotatable bonds is 3. The SMILES string of the molecule is CC1CCN(c2cccc(NC(=O)C3(N)CCOCC3)c2)CC1. The molecule has 23 heavy (non-hydrogen) atoms. The molecule has 1 aromatic carbocycles. The molecule has 1 aromatic rings. The van der Waals surface area contributed by atoms with Crippen molar-refractivity contribution >= 4 is 17.3 Å². The van der Waals surface area contributed by atoms with Crippen molar-refractivity contribution in [1.29, 1.82) is 0 Å². The lowest BCUT2D eigenvalue weighted by atomic mass is 9.90. The van der Waals surface area contributed by atoms with Crippen molar-refractivity contribution in [2.24, 2.45) is 11.7 Å². The molecule has 5 nitrogen and oxygen atoms in total. The second-order valence-electron chi connectivity index (χ2n) is 6.94. The van der Waals surface area contributed by atoms with E-state index in [1.54, 1.807) is 0 Å². The Morgan fingerprint density at radius 2 is 2.00 bits per heavy atom. The zero-order valence-corrected chi connectivity index (χ0v) is 13.9. The third-order valence-electron chi connectivity index (χ3n) is 5.09. The number of hydrogen-bond donors (Lipinski definition) is 2. The fourth-order valence-electron chi connectivity index (χ4n) is 3.27. The Hall–Kier alpha value is -1.59. The van der Waals surface area contributed by atoms with Crippen LogP contribution in [-0.4, -0.2) is 37.7 Å². The first-order valence-electron chi connectivity index (χ1n) is 8.60. The molecular weight excluding hydrogens is 290 g/mol. The maximum absolute atomic E-state index is 12.5. The van der Waals surface area contributed by atoms with Gasteiger partial charge in [0.15, 0.2) is 0 Å². The van der Waals surface area contributed by atoms with E-state index in [2.05, 4.69) is 29.3 Å². The van der Waals surface area contributed by atoms with Gasteiger partial charge >= 0.3 is 0 Å². The minimum atomic E-state index is -0.811. The Morgan fingerprint density at radius 1 is 1.30 bits per heavy atom. The van der Waals surface area contributed by atoms with Crippen LogP contribution in [0.2, 0.25) is 0 Å². The molecule has 0 aliphatic carbocycles. The summed E-state index contributed by atoms with van der Waals surface area (Å²) < 4.78 is 5.31. The Kier molecular flexibility index (Phi) is 4.87. The Morgan fingerprint density at radius 3 is 2.70 bits per heavy atom. The quantitative estimate of drug-likeness (QED) is 0.898. The third-order valence-corrected chi connectivity index (χ3v) is 5.09. The molecule has 1 amide bonds. The summed E-state index contributed by atoms with van der Waals surface area (Å²) in [5.74, 6) is 0.699. The van der Waals surface area contributed by atoms with Crippen LogP contribution in [0.5, 0.6) is 0 Å². The minimum Gasteiger partial charge on any atom is -0.381 e. The predicted octanol–water partition coefficient (Wildman–Crippen LogP) is 2.37. The van der Waals surface area contributed by atoms with Crippen LogP contribution in [0.15, 0.2) is 24.3 Å². The molecule has 0 atom stereocenters. The molecule has 0 unspecified atom stereocenters. The van der Waals surface area contributed by atoms with Gasteiger partial charge in [0, 0.05) is 37.7 Å². The molecule has 5 heteroatoms. The van der Waals surface area contributed by atoms with Crippen molar-refractivity contribution < 1.29 is 9.53 Å². The van der Waals surface area contributed by atoms with E-state index < -0.39 is 5.54 Å². The highest BCUT2D eigenvalue weighted by atomic mass is 16.5. The highest BCUT2D eigenvalue weighted by Gasteiger charge is 2.35. The number of nitrogens with one attached hydrogen (secondary N) is 1. The van der Waals surface area contributed by atoms with Crippen molar-refractivity contribution in [3.8, 4) is 0 Å². The first kappa shape index (κ1) is 16.3. The van der Waals surface area contributed by atoms with E-state index in [1.165, 1.54) is 18.5 Å². The van der Waals surface area contributed by atoms with Gasteiger partial charge < -0.3 is 20.7 Å². The lowest BCUT2D eigenvalue weighted by Gasteiger charge is -2.33. The van der Waals surface area contributed by atoms with E-state index in [1.807, 2.05) is 12.1 Å². The van der Waals surface area contributed by atoms with Gasteiger partial charge in [0.1, 0.15) is 5.54 Å². The zero-order valence-electron chi connectivity index (χ0n) is 13.9. The van der Waals surface area contributed by atoms with Gasteiger partial charge in [-0.25, -0.2) is 0 Å². The fraction of sp³-hybridized carbons (Fsp3) is 0.611. The molecule has 2 aliphatic rings. The Balaban J connectivity index is 1.66. The predicted molar refractivity (Wildman–Crippen MR) is 92.7 cm³/mol. The van der Waals surface area contributed by atoms with Crippen LogP contribution in [0, 0.1) is 5.92 Å². The second kappa shape index (κ2) is 6.89. The topological polar surface area (TPSA) is 67.6 Å². The van der Waals surface area contributed by atoms with Gasteiger partial charge in [0.2, 0.25) is 5.91 Å². The number of nitrogens with two attached hydrogens (primary N) is 1. The van der Waals surface area contributed by atoms with Crippen LogP contribution in [0.4, 0.5) is 11.4 Å². The van der Waals surface area contributed by atoms with Crippen molar-refractivity contribution in [1.82, 2.24) is 0 Å². The van der Waals surface area contributed by atoms with Crippen LogP contribution in [0.3, 0.4) is 0 Å². The van der Waals surface area contributed by atoms with Gasteiger partial charge in [-0.1, -0.05) is 13.0 Å². The molecule has 2 aliphatic heterocycles. The average molecular weight is 317 g/mol. The summed E-state index contributed by atoms with van der Waals surface area (Å²) in [4.78, 5) is 14.9. The summed E-state index contributed by atoms with van der Waals surface area (Å²) in [5.41, 5.74) is 7.43. The van der Waals surface area contributed by atoms with Crippen molar-refractivity contribution in [3.05, 3.63) is 24.3 Å². The molecule has 3 rings (SSSR count). The van der Waals surface area contributed by atoms with Crippen LogP contribution in [-0.2, 0) is 9.53 Å². The largest absolute Gasteiger partial charge is 0.381 e. The second-order valence-corrected chi connectivity index (χ2v) is 6.94. The summed E-state index contributed by atoms with van der Waals surface area (Å²) in [6.45, 7) is 5.57. The first-order chi connectivity index (χ1) is 11.1. The van der Waals surface area contributed by atoms with Gasteiger partial charge in [-0.15, -0.1) is 0 Å². The standard InChI is InChI=1S/C18H27N3O2/c1-14-5-9-21(10-6-14)16-4-2-3-15(13-16)20-17(22)18(19)7-11-23-12-8-18/h2-4,13-14H,5-12,19H2,1H3,(H,20,22). The molecule has 0 aromatic heterocycles. The number of benzene rings is 1. The highest BCUT2D eigenvalue weighted by molar-refractivity contribution is 5.98. The number of hydrogen-bond acceptors (Lipinski definition) is 4. The highest BCUT2D eigenvalue weighted by Crippen LogP contribution is 2.26. The summed E-state index contributed by atoms with van der Waals surface area (Å²) in [6.07, 6.45) is 3.59. The maximum atomic E-state index is 12.5. The van der Waals surface area contributed by atoms with E-state index >= 15 is 0 Å². The minimum absolute atomic E-state index is 0.106. The van der Waals surface area contributed by atoms with E-state index in [4.69, 9.17) is 10.5 Å². The smallest absolute Gasteiger partial charge is 0.244 e. The number of amides is 1. The zero-order chi connectivity index (χ0) is 16.3. The summed E-state index contributed by atoms with van der Waals surface area (Å²) >= 11 is 0. The number of carbonyl (C=O) groups excluding carboxylic acids is 1. The fourth-order valence-corrected chi connectivity index (χ4v) is 3.27. The Bertz CT molecular complexity index is 547. The molecule has 2 fully saturated rings. The molecule has 126 valence electrons. The Labute approximate surface area is 138 Å². The average Bonchev–Trinajstić information content (AvgIpc) is 2.56. The van der Waals surface area contributed by atoms with E-state index in [-0.39, 0.29) is 5.91 Å². The number of anilines is 2. The first-order valence-corrected chi connectivity index (χ1v) is 8.60. The summed E-state index contributed by atoms with van der Waals surface area (Å²) in [7, 11) is 0. The molecular formula is C18H27N3O2. The van der Waals surface area contributed by atoms with Crippen molar-refractivity contribution in [3.63, 3.8) is 0 Å². The molecule has 2 heterocycles. The monoisotopic (exact) mass is 317 g/mol. The lowest BCUT2D eigenvalue weighted by molar-refractivity contribution is -0.124. The lowest BCUT2D eigenvalue weighted by Crippen LogP contribution is -2.54. The van der Waals surface area contributed by atoms with Crippen LogP contribution < -0.4 is 16.0 Å². The number of nitrogens with zero attached hydrogens (tertiary/aromatic N) is 1. The summed E-state index contributed by atoms with van der Waals surface area (Å²) in [6, 6.07) is 8.09. The third kappa shape index (κ3) is 3.85. The van der Waals surface area contributed by atoms with Crippen molar-refractivity contribution in [2.45, 2.75) is 38.1 Å². The van der Waals surface area contributed by atoms with E-state index in [0.717, 1.165) is 24.7 Å². The van der Waals surface area contributed by atoms with E-state index in [9.17, 15) is 4.79 Å². The normalized spacial score (nSPS) is 21.9. The van der Waals surface area contributed by atoms with Crippen molar-refractivity contribution in [2.75, 3.05) is 36.5 Å². The van der Waals surface area contributed by atoms with Gasteiger partial charge in [-0.3, -0.25) is 4.79 Å². The van der Waals surface area contributed by atoms with Gasteiger partial charge in [0.25, 0.3) is 0 Å². The van der Waals surface area contributed by atoms with Crippen LogP contribution >= 0.6 is 0 Å². The van der Waals surface area contributed by atoms with Gasteiger partial charge in [-0.2, -0.15) is 0 Å². The molecule has 3 N–H and O–H groups in total. The van der Waals surface area contributed by atoms with Gasteiger partial charge in [-0.05, 0) is 49.8 Å². The van der Waals surface area contributed by atoms with Crippen LogP contribution in [0.25, 0.3) is 0 Å². The molecule has 0 radical (unpaired) electrons. The summed E-state index contributed by atoms with van der Waals surface area (Å²) in [5, 5.41) is 2.99. The molecule has 0 bridgehead atoms. The number of carbonyl (C=O) groups is 1. The maximum Gasteiger partial charge on any atom is 0.244 e. The molecule has 0 spiro atoms. The van der Waals surface area contributed by atoms with E-state index in [0.29, 0.717) is 26.1 Å². The molecule has 0 saturated carbocycles. The molecule has 2 saturated heterocycles. The number of ether oxygens (including phenoxy) is 1. The number of piperidine rings is 1. The van der Waals surface area contributed by atoms with Gasteiger partial charge in [0.05, 0.1) is 0 Å².